The lowest BCUT2D eigenvalue weighted by Gasteiger charge is -2.29. The molecule has 2 atom stereocenters. The average molecular weight is 478 g/mol. The molecule has 11 heteroatoms. The van der Waals surface area contributed by atoms with E-state index in [1.165, 1.54) is 29.3 Å². The minimum Gasteiger partial charge on any atom is -0.481 e. The second kappa shape index (κ2) is 9.84. The molecule has 0 aromatic heterocycles. The number of hydrogen-bond acceptors (Lipinski definition) is 7. The molecule has 0 bridgehead atoms. The topological polar surface area (TPSA) is 156 Å². The number of carboxylic acid groups (broad SMARTS) is 1. The molecular weight excluding hydrogens is 456 g/mol. The molecule has 2 aromatic carbocycles. The minimum atomic E-state index is -1.11. The first kappa shape index (κ1) is 23.7. The third-order valence-electron chi connectivity index (χ3n) is 6.15. The number of allylic oxidation sites excluding steroid dienone is 1. The van der Waals surface area contributed by atoms with Crippen LogP contribution in [0, 0.1) is 26.1 Å². The smallest absolute Gasteiger partial charge is 0.303 e. The second-order valence-electron chi connectivity index (χ2n) is 8.43. The van der Waals surface area contributed by atoms with Crippen molar-refractivity contribution in [1.82, 2.24) is 5.01 Å². The fourth-order valence-corrected chi connectivity index (χ4v) is 4.62. The van der Waals surface area contributed by atoms with E-state index in [1.807, 2.05) is 6.08 Å². The van der Waals surface area contributed by atoms with Crippen LogP contribution in [0.1, 0.15) is 49.3 Å². The van der Waals surface area contributed by atoms with Crippen LogP contribution in [0.5, 0.6) is 0 Å². The van der Waals surface area contributed by atoms with Gasteiger partial charge in [0.25, 0.3) is 11.4 Å². The van der Waals surface area contributed by atoms with Crippen molar-refractivity contribution in [3.8, 4) is 0 Å². The SMILES string of the molecule is O=C(O)CCC(=O)N1N=C2/C(=C\c3cccc([N+](=O)[O-])c3)CCC[C@@H]2[C@@H]1c1cccc([N+](=O)[O-])c1. The van der Waals surface area contributed by atoms with Crippen molar-refractivity contribution >= 4 is 35.0 Å². The maximum atomic E-state index is 13.0. The Morgan fingerprint density at radius 1 is 1.06 bits per heavy atom. The summed E-state index contributed by atoms with van der Waals surface area (Å²) in [4.78, 5) is 45.6. The number of carboxylic acids is 1. The molecule has 1 fully saturated rings. The number of nitro groups is 2. The molecule has 1 heterocycles. The number of hydrazone groups is 1. The summed E-state index contributed by atoms with van der Waals surface area (Å²) < 4.78 is 0. The summed E-state index contributed by atoms with van der Waals surface area (Å²) >= 11 is 0. The Kier molecular flexibility index (Phi) is 6.67. The number of amides is 1. The lowest BCUT2D eigenvalue weighted by molar-refractivity contribution is -0.385. The monoisotopic (exact) mass is 478 g/mol. The number of fused-ring (bicyclic) bond motifs is 1. The number of carbonyl (C=O) groups excluding carboxylic acids is 1. The summed E-state index contributed by atoms with van der Waals surface area (Å²) in [6, 6.07) is 11.6. The van der Waals surface area contributed by atoms with Crippen LogP contribution in [-0.2, 0) is 9.59 Å². The van der Waals surface area contributed by atoms with Crippen molar-refractivity contribution in [2.24, 2.45) is 11.0 Å². The van der Waals surface area contributed by atoms with Crippen LogP contribution < -0.4 is 0 Å². The Morgan fingerprint density at radius 2 is 1.74 bits per heavy atom. The van der Waals surface area contributed by atoms with E-state index in [1.54, 1.807) is 24.3 Å². The molecular formula is C24H22N4O7. The fourth-order valence-electron chi connectivity index (χ4n) is 4.62. The van der Waals surface area contributed by atoms with Gasteiger partial charge in [0.1, 0.15) is 0 Å². The van der Waals surface area contributed by atoms with Gasteiger partial charge in [0, 0.05) is 36.6 Å². The highest BCUT2D eigenvalue weighted by Crippen LogP contribution is 2.45. The molecule has 35 heavy (non-hydrogen) atoms. The molecule has 1 amide bonds. The van der Waals surface area contributed by atoms with E-state index in [-0.39, 0.29) is 30.1 Å². The van der Waals surface area contributed by atoms with E-state index in [9.17, 15) is 29.8 Å². The van der Waals surface area contributed by atoms with Gasteiger partial charge in [-0.05, 0) is 42.0 Å². The lowest BCUT2D eigenvalue weighted by atomic mass is 9.77. The fraction of sp³-hybridized carbons (Fsp3) is 0.292. The van der Waals surface area contributed by atoms with Gasteiger partial charge in [-0.3, -0.25) is 29.8 Å². The van der Waals surface area contributed by atoms with Crippen molar-refractivity contribution in [3.05, 3.63) is 85.5 Å². The molecule has 0 radical (unpaired) electrons. The number of rotatable bonds is 7. The van der Waals surface area contributed by atoms with Crippen molar-refractivity contribution in [2.75, 3.05) is 0 Å². The standard InChI is InChI=1S/C24H22N4O7/c29-21(10-11-22(30)31)26-24(17-6-2-8-19(14-17)28(34)35)20-9-3-5-16(23(20)25-26)12-15-4-1-7-18(13-15)27(32)33/h1-2,4,6-8,12-14,20,24H,3,5,9-11H2,(H,30,31)/b16-12-/t20-,24-/m0/s1. The number of carbonyl (C=O) groups is 2. The summed E-state index contributed by atoms with van der Waals surface area (Å²) in [5.74, 6) is -1.84. The van der Waals surface area contributed by atoms with Crippen LogP contribution in [0.3, 0.4) is 0 Å². The van der Waals surface area contributed by atoms with Gasteiger partial charge in [-0.2, -0.15) is 5.10 Å². The highest BCUT2D eigenvalue weighted by Gasteiger charge is 2.44. The number of non-ortho nitro benzene ring substituents is 2. The zero-order valence-corrected chi connectivity index (χ0v) is 18.6. The predicted octanol–water partition coefficient (Wildman–Crippen LogP) is 4.49. The molecule has 1 aliphatic heterocycles. The van der Waals surface area contributed by atoms with Crippen LogP contribution in [-0.4, -0.2) is 37.6 Å². The molecule has 4 rings (SSSR count). The van der Waals surface area contributed by atoms with Crippen molar-refractivity contribution < 1.29 is 24.5 Å². The zero-order chi connectivity index (χ0) is 25.1. The Bertz CT molecular complexity index is 1270. The summed E-state index contributed by atoms with van der Waals surface area (Å²) in [6.07, 6.45) is 3.30. The molecule has 180 valence electrons. The van der Waals surface area contributed by atoms with E-state index in [2.05, 4.69) is 5.10 Å². The van der Waals surface area contributed by atoms with Crippen LogP contribution >= 0.6 is 0 Å². The Hall–Kier alpha value is -4.41. The number of aliphatic carboxylic acids is 1. The van der Waals surface area contributed by atoms with Crippen molar-refractivity contribution in [2.45, 2.75) is 38.1 Å². The maximum Gasteiger partial charge on any atom is 0.303 e. The summed E-state index contributed by atoms with van der Waals surface area (Å²) in [7, 11) is 0. The van der Waals surface area contributed by atoms with Crippen LogP contribution in [0.25, 0.3) is 6.08 Å². The molecule has 11 nitrogen and oxygen atoms in total. The van der Waals surface area contributed by atoms with Gasteiger partial charge >= 0.3 is 5.97 Å². The largest absolute Gasteiger partial charge is 0.481 e. The molecule has 0 spiro atoms. The number of hydrogen-bond donors (Lipinski definition) is 1. The van der Waals surface area contributed by atoms with E-state index in [0.29, 0.717) is 29.7 Å². The molecule has 2 aromatic rings. The first-order valence-corrected chi connectivity index (χ1v) is 11.1. The van der Waals surface area contributed by atoms with Gasteiger partial charge in [0.15, 0.2) is 0 Å². The van der Waals surface area contributed by atoms with Crippen LogP contribution in [0.15, 0.2) is 59.2 Å². The predicted molar refractivity (Wildman–Crippen MR) is 125 cm³/mol. The zero-order valence-electron chi connectivity index (χ0n) is 18.6. The third-order valence-corrected chi connectivity index (χ3v) is 6.15. The number of nitro benzene ring substituents is 2. The summed E-state index contributed by atoms with van der Waals surface area (Å²) in [6.45, 7) is 0. The highest BCUT2D eigenvalue weighted by molar-refractivity contribution is 6.08. The average Bonchev–Trinajstić information content (AvgIpc) is 3.23. The van der Waals surface area contributed by atoms with Crippen LogP contribution in [0.4, 0.5) is 11.4 Å². The first-order chi connectivity index (χ1) is 16.7. The number of nitrogens with zero attached hydrogens (tertiary/aromatic N) is 4. The highest BCUT2D eigenvalue weighted by atomic mass is 16.6. The summed E-state index contributed by atoms with van der Waals surface area (Å²) in [5.41, 5.74) is 2.48. The molecule has 2 aliphatic rings. The molecule has 0 saturated heterocycles. The Morgan fingerprint density at radius 3 is 2.43 bits per heavy atom. The van der Waals surface area contributed by atoms with Gasteiger partial charge in [-0.25, -0.2) is 5.01 Å². The minimum absolute atomic E-state index is 0.0417. The Balaban J connectivity index is 1.75. The van der Waals surface area contributed by atoms with Gasteiger partial charge in [-0.1, -0.05) is 24.3 Å². The Labute approximate surface area is 199 Å². The molecule has 1 aliphatic carbocycles. The number of benzene rings is 2. The maximum absolute atomic E-state index is 13.0. The summed E-state index contributed by atoms with van der Waals surface area (Å²) in [5, 5.41) is 37.4. The lowest BCUT2D eigenvalue weighted by Crippen LogP contribution is -2.32. The first-order valence-electron chi connectivity index (χ1n) is 11.1. The van der Waals surface area contributed by atoms with Crippen molar-refractivity contribution in [1.29, 1.82) is 0 Å². The molecule has 1 N–H and O–H groups in total. The van der Waals surface area contributed by atoms with Gasteiger partial charge in [0.05, 0.1) is 28.0 Å². The van der Waals surface area contributed by atoms with E-state index < -0.39 is 27.8 Å². The van der Waals surface area contributed by atoms with E-state index in [0.717, 1.165) is 12.0 Å². The van der Waals surface area contributed by atoms with Gasteiger partial charge < -0.3 is 5.11 Å². The van der Waals surface area contributed by atoms with Gasteiger partial charge in [0.2, 0.25) is 5.91 Å². The molecule has 0 unspecified atom stereocenters. The normalized spacial score (nSPS) is 20.3. The van der Waals surface area contributed by atoms with Crippen molar-refractivity contribution in [3.63, 3.8) is 0 Å². The van der Waals surface area contributed by atoms with E-state index in [4.69, 9.17) is 5.11 Å². The van der Waals surface area contributed by atoms with Gasteiger partial charge in [-0.15, -0.1) is 0 Å². The quantitative estimate of drug-likeness (QED) is 0.454. The van der Waals surface area contributed by atoms with Crippen LogP contribution in [0.2, 0.25) is 0 Å². The molecule has 1 saturated carbocycles. The van der Waals surface area contributed by atoms with E-state index >= 15 is 0 Å². The second-order valence-corrected chi connectivity index (χ2v) is 8.43. The third kappa shape index (κ3) is 5.08.